The molecule has 0 amide bonds. The van der Waals surface area contributed by atoms with E-state index >= 15 is 0 Å². The lowest BCUT2D eigenvalue weighted by Crippen LogP contribution is -2.21. The maximum atomic E-state index is 5.99. The molecule has 0 aliphatic heterocycles. The van der Waals surface area contributed by atoms with Crippen LogP contribution >= 0.6 is 0 Å². The van der Waals surface area contributed by atoms with Crippen LogP contribution in [-0.4, -0.2) is 46.4 Å². The lowest BCUT2D eigenvalue weighted by atomic mass is 10.2. The quantitative estimate of drug-likeness (QED) is 0.455. The van der Waals surface area contributed by atoms with Gasteiger partial charge in [0.05, 0.1) is 12.3 Å². The van der Waals surface area contributed by atoms with E-state index in [0.29, 0.717) is 18.1 Å². The van der Waals surface area contributed by atoms with Crippen molar-refractivity contribution in [3.8, 4) is 23.2 Å². The SMILES string of the molecule is CCNCCCNCc1ccc(Oc2nnnn2-c2ccccc2)c(OCC)c1. The number of ether oxygens (including phenoxy) is 2. The summed E-state index contributed by atoms with van der Waals surface area (Å²) >= 11 is 0. The molecule has 0 fully saturated rings. The van der Waals surface area contributed by atoms with Crippen molar-refractivity contribution < 1.29 is 9.47 Å². The number of hydrogen-bond acceptors (Lipinski definition) is 7. The van der Waals surface area contributed by atoms with Gasteiger partial charge in [0.2, 0.25) is 0 Å². The largest absolute Gasteiger partial charge is 0.490 e. The molecule has 2 N–H and O–H groups in total. The molecule has 0 unspecified atom stereocenters. The molecule has 29 heavy (non-hydrogen) atoms. The highest BCUT2D eigenvalue weighted by molar-refractivity contribution is 5.44. The minimum absolute atomic E-state index is 0.284. The Labute approximate surface area is 171 Å². The van der Waals surface area contributed by atoms with E-state index in [-0.39, 0.29) is 6.01 Å². The first-order valence-electron chi connectivity index (χ1n) is 10.0. The predicted molar refractivity (Wildman–Crippen MR) is 112 cm³/mol. The standard InChI is InChI=1S/C21H28N6O2/c1-3-22-13-8-14-23-16-17-11-12-19(20(15-17)28-4-2)29-21-24-25-26-27(21)18-9-6-5-7-10-18/h5-7,9-12,15,22-23H,3-4,8,13-14,16H2,1-2H3. The van der Waals surface area contributed by atoms with Gasteiger partial charge in [-0.05, 0) is 73.2 Å². The van der Waals surface area contributed by atoms with E-state index in [1.165, 1.54) is 0 Å². The summed E-state index contributed by atoms with van der Waals surface area (Å²) in [6, 6.07) is 15.8. The molecule has 2 aromatic carbocycles. The topological polar surface area (TPSA) is 86.1 Å². The fourth-order valence-electron chi connectivity index (χ4n) is 2.84. The average Bonchev–Trinajstić information content (AvgIpc) is 3.21. The summed E-state index contributed by atoms with van der Waals surface area (Å²) in [5.74, 6) is 1.25. The molecular formula is C21H28N6O2. The molecule has 8 nitrogen and oxygen atoms in total. The molecule has 1 heterocycles. The smallest absolute Gasteiger partial charge is 0.346 e. The number of para-hydroxylation sites is 1. The van der Waals surface area contributed by atoms with Gasteiger partial charge in [0.25, 0.3) is 0 Å². The van der Waals surface area contributed by atoms with Crippen LogP contribution in [0.3, 0.4) is 0 Å². The minimum atomic E-state index is 0.284. The van der Waals surface area contributed by atoms with Crippen LogP contribution in [0.4, 0.5) is 0 Å². The Morgan fingerprint density at radius 3 is 2.59 bits per heavy atom. The number of nitrogens with zero attached hydrogens (tertiary/aromatic N) is 4. The van der Waals surface area contributed by atoms with Crippen molar-refractivity contribution in [3.63, 3.8) is 0 Å². The first kappa shape index (κ1) is 20.8. The van der Waals surface area contributed by atoms with Crippen molar-refractivity contribution in [1.82, 2.24) is 30.8 Å². The molecule has 0 bridgehead atoms. The number of rotatable bonds is 12. The zero-order chi connectivity index (χ0) is 20.3. The third-order valence-electron chi connectivity index (χ3n) is 4.24. The van der Waals surface area contributed by atoms with Crippen LogP contribution in [0.25, 0.3) is 5.69 Å². The van der Waals surface area contributed by atoms with Crippen molar-refractivity contribution in [2.75, 3.05) is 26.2 Å². The van der Waals surface area contributed by atoms with Gasteiger partial charge in [0, 0.05) is 6.54 Å². The van der Waals surface area contributed by atoms with E-state index in [4.69, 9.17) is 9.47 Å². The molecule has 0 radical (unpaired) electrons. The van der Waals surface area contributed by atoms with E-state index in [0.717, 1.165) is 43.9 Å². The molecule has 1 aromatic heterocycles. The number of tetrazole rings is 1. The molecule has 154 valence electrons. The van der Waals surface area contributed by atoms with E-state index in [9.17, 15) is 0 Å². The third-order valence-corrected chi connectivity index (χ3v) is 4.24. The molecule has 8 heteroatoms. The second kappa shape index (κ2) is 11.1. The normalized spacial score (nSPS) is 10.8. The maximum absolute atomic E-state index is 5.99. The molecule has 0 spiro atoms. The Balaban J connectivity index is 1.68. The summed E-state index contributed by atoms with van der Waals surface area (Å²) in [6.45, 7) is 8.37. The van der Waals surface area contributed by atoms with E-state index in [2.05, 4.69) is 33.1 Å². The molecule has 0 saturated heterocycles. The van der Waals surface area contributed by atoms with Crippen LogP contribution in [0, 0.1) is 0 Å². The number of benzene rings is 2. The van der Waals surface area contributed by atoms with Crippen LogP contribution in [-0.2, 0) is 6.54 Å². The highest BCUT2D eigenvalue weighted by Crippen LogP contribution is 2.32. The van der Waals surface area contributed by atoms with Crippen molar-refractivity contribution in [2.45, 2.75) is 26.8 Å². The molecule has 3 aromatic rings. The average molecular weight is 396 g/mol. The fraction of sp³-hybridized carbons (Fsp3) is 0.381. The molecule has 0 aliphatic carbocycles. The molecular weight excluding hydrogens is 368 g/mol. The van der Waals surface area contributed by atoms with Gasteiger partial charge in [-0.15, -0.1) is 0 Å². The van der Waals surface area contributed by atoms with Crippen molar-refractivity contribution in [3.05, 3.63) is 54.1 Å². The van der Waals surface area contributed by atoms with E-state index in [1.807, 2.05) is 55.5 Å². The minimum Gasteiger partial charge on any atom is -0.490 e. The summed E-state index contributed by atoms with van der Waals surface area (Å²) in [5, 5.41) is 18.5. The fourth-order valence-corrected chi connectivity index (χ4v) is 2.84. The van der Waals surface area contributed by atoms with Gasteiger partial charge in [-0.2, -0.15) is 4.68 Å². The van der Waals surface area contributed by atoms with Gasteiger partial charge >= 0.3 is 6.01 Å². The molecule has 3 rings (SSSR count). The zero-order valence-corrected chi connectivity index (χ0v) is 17.0. The van der Waals surface area contributed by atoms with Gasteiger partial charge in [-0.25, -0.2) is 0 Å². The van der Waals surface area contributed by atoms with E-state index in [1.54, 1.807) is 4.68 Å². The second-order valence-electron chi connectivity index (χ2n) is 6.41. The Morgan fingerprint density at radius 2 is 1.79 bits per heavy atom. The Morgan fingerprint density at radius 1 is 0.966 bits per heavy atom. The summed E-state index contributed by atoms with van der Waals surface area (Å²) in [4.78, 5) is 0. The molecule has 0 saturated carbocycles. The summed E-state index contributed by atoms with van der Waals surface area (Å²) in [7, 11) is 0. The summed E-state index contributed by atoms with van der Waals surface area (Å²) in [5.41, 5.74) is 1.95. The number of nitrogens with one attached hydrogen (secondary N) is 2. The van der Waals surface area contributed by atoms with Gasteiger partial charge < -0.3 is 20.1 Å². The first-order chi connectivity index (χ1) is 14.3. The van der Waals surface area contributed by atoms with Crippen molar-refractivity contribution in [2.24, 2.45) is 0 Å². The van der Waals surface area contributed by atoms with Gasteiger partial charge in [-0.1, -0.05) is 36.3 Å². The van der Waals surface area contributed by atoms with Crippen LogP contribution in [0.15, 0.2) is 48.5 Å². The highest BCUT2D eigenvalue weighted by Gasteiger charge is 2.14. The van der Waals surface area contributed by atoms with Gasteiger partial charge in [-0.3, -0.25) is 0 Å². The summed E-state index contributed by atoms with van der Waals surface area (Å²) < 4.78 is 13.3. The first-order valence-corrected chi connectivity index (χ1v) is 10.0. The Kier molecular flexibility index (Phi) is 7.97. The van der Waals surface area contributed by atoms with Gasteiger partial charge in [0.1, 0.15) is 0 Å². The van der Waals surface area contributed by atoms with E-state index < -0.39 is 0 Å². The van der Waals surface area contributed by atoms with Crippen molar-refractivity contribution >= 4 is 0 Å². The van der Waals surface area contributed by atoms with Gasteiger partial charge in [0.15, 0.2) is 11.5 Å². The Hall–Kier alpha value is -2.97. The predicted octanol–water partition coefficient (Wildman–Crippen LogP) is 2.94. The zero-order valence-electron chi connectivity index (χ0n) is 17.0. The summed E-state index contributed by atoms with van der Waals surface area (Å²) in [6.07, 6.45) is 1.09. The molecule has 0 atom stereocenters. The number of aromatic nitrogens is 4. The van der Waals surface area contributed by atoms with Crippen LogP contribution in [0.5, 0.6) is 17.5 Å². The lowest BCUT2D eigenvalue weighted by Gasteiger charge is -2.13. The monoisotopic (exact) mass is 396 g/mol. The van der Waals surface area contributed by atoms with Crippen molar-refractivity contribution in [1.29, 1.82) is 0 Å². The van der Waals surface area contributed by atoms with Crippen LogP contribution in [0.1, 0.15) is 25.8 Å². The van der Waals surface area contributed by atoms with Crippen LogP contribution < -0.4 is 20.1 Å². The Bertz CT molecular complexity index is 869. The van der Waals surface area contributed by atoms with Crippen LogP contribution in [0.2, 0.25) is 0 Å². The molecule has 0 aliphatic rings. The number of hydrogen-bond donors (Lipinski definition) is 2. The third kappa shape index (κ3) is 6.00. The second-order valence-corrected chi connectivity index (χ2v) is 6.41. The maximum Gasteiger partial charge on any atom is 0.346 e. The highest BCUT2D eigenvalue weighted by atomic mass is 16.5. The lowest BCUT2D eigenvalue weighted by molar-refractivity contribution is 0.315.